The van der Waals surface area contributed by atoms with Crippen molar-refractivity contribution in [3.05, 3.63) is 18.2 Å². The summed E-state index contributed by atoms with van der Waals surface area (Å²) in [5, 5.41) is 2.83. The fourth-order valence-electron chi connectivity index (χ4n) is 0.841. The molecule has 14 heavy (non-hydrogen) atoms. The van der Waals surface area contributed by atoms with E-state index in [9.17, 15) is 4.39 Å². The second kappa shape index (κ2) is 5.46. The fraction of sp³-hybridized carbons (Fsp3) is 0.500. The van der Waals surface area contributed by atoms with E-state index in [-0.39, 0.29) is 6.29 Å². The molecule has 0 aliphatic rings. The summed E-state index contributed by atoms with van der Waals surface area (Å²) in [6.07, 6.45) is 1.80. The Balaban J connectivity index is 2.41. The minimum atomic E-state index is -0.467. The van der Waals surface area contributed by atoms with Crippen LogP contribution in [0.1, 0.15) is 0 Å². The van der Waals surface area contributed by atoms with Gasteiger partial charge in [0.2, 0.25) is 5.95 Å². The van der Waals surface area contributed by atoms with Crippen LogP contribution in [0, 0.1) is 5.82 Å². The molecule has 5 nitrogen and oxygen atoms in total. The summed E-state index contributed by atoms with van der Waals surface area (Å²) >= 11 is 0. The number of halogens is 1. The van der Waals surface area contributed by atoms with E-state index in [0.29, 0.717) is 12.5 Å². The third-order valence-electron chi connectivity index (χ3n) is 1.57. The van der Waals surface area contributed by atoms with Crippen molar-refractivity contribution < 1.29 is 13.9 Å². The van der Waals surface area contributed by atoms with Crippen LogP contribution < -0.4 is 5.32 Å². The summed E-state index contributed by atoms with van der Waals surface area (Å²) < 4.78 is 22.3. The van der Waals surface area contributed by atoms with Gasteiger partial charge in [0.15, 0.2) is 12.1 Å². The Kier molecular flexibility index (Phi) is 4.21. The van der Waals surface area contributed by atoms with Gasteiger partial charge in [0, 0.05) is 14.2 Å². The molecule has 0 bridgehead atoms. The van der Waals surface area contributed by atoms with Gasteiger partial charge >= 0.3 is 0 Å². The third-order valence-corrected chi connectivity index (χ3v) is 1.57. The number of nitrogens with one attached hydrogen (secondary N) is 1. The molecule has 0 atom stereocenters. The van der Waals surface area contributed by atoms with Gasteiger partial charge < -0.3 is 14.8 Å². The number of ether oxygens (including phenoxy) is 2. The molecular formula is C8H12FN3O2. The van der Waals surface area contributed by atoms with Crippen molar-refractivity contribution in [3.8, 4) is 0 Å². The predicted octanol–water partition coefficient (Wildman–Crippen LogP) is 0.646. The van der Waals surface area contributed by atoms with Crippen molar-refractivity contribution in [2.45, 2.75) is 6.29 Å². The van der Waals surface area contributed by atoms with Gasteiger partial charge in [0.25, 0.3) is 0 Å². The Hall–Kier alpha value is -1.27. The van der Waals surface area contributed by atoms with Gasteiger partial charge in [-0.05, 0) is 0 Å². The molecule has 0 radical (unpaired) electrons. The summed E-state index contributed by atoms with van der Waals surface area (Å²) in [6.45, 7) is 0.401. The number of hydrogen-bond donors (Lipinski definition) is 1. The van der Waals surface area contributed by atoms with E-state index in [4.69, 9.17) is 9.47 Å². The number of methoxy groups -OCH3 is 2. The zero-order valence-electron chi connectivity index (χ0n) is 8.03. The van der Waals surface area contributed by atoms with E-state index >= 15 is 0 Å². The number of nitrogens with zero attached hydrogens (tertiary/aromatic N) is 2. The maximum Gasteiger partial charge on any atom is 0.222 e. The molecule has 0 saturated heterocycles. The predicted molar refractivity (Wildman–Crippen MR) is 48.3 cm³/mol. The first-order valence-electron chi connectivity index (χ1n) is 4.03. The standard InChI is InChI=1S/C8H12FN3O2/c1-13-7(14-2)5-12-8-10-3-6(9)4-11-8/h3-4,7H,5H2,1-2H3,(H,10,11,12). The van der Waals surface area contributed by atoms with Crippen LogP contribution in [0.25, 0.3) is 0 Å². The average Bonchev–Trinajstić information content (AvgIpc) is 2.22. The first-order valence-corrected chi connectivity index (χ1v) is 4.03. The molecule has 0 unspecified atom stereocenters. The molecule has 0 amide bonds. The van der Waals surface area contributed by atoms with E-state index in [1.807, 2.05) is 0 Å². The molecule has 1 heterocycles. The fourth-order valence-corrected chi connectivity index (χ4v) is 0.841. The minimum absolute atomic E-state index is 0.338. The molecule has 0 spiro atoms. The highest BCUT2D eigenvalue weighted by molar-refractivity contribution is 5.22. The molecule has 6 heteroatoms. The van der Waals surface area contributed by atoms with Crippen LogP contribution in [0.15, 0.2) is 12.4 Å². The van der Waals surface area contributed by atoms with E-state index < -0.39 is 5.82 Å². The van der Waals surface area contributed by atoms with Crippen LogP contribution in [-0.2, 0) is 9.47 Å². The van der Waals surface area contributed by atoms with E-state index in [0.717, 1.165) is 12.4 Å². The maximum atomic E-state index is 12.4. The monoisotopic (exact) mass is 201 g/mol. The number of rotatable bonds is 5. The van der Waals surface area contributed by atoms with Crippen molar-refractivity contribution >= 4 is 5.95 Å². The van der Waals surface area contributed by atoms with E-state index in [1.54, 1.807) is 0 Å². The number of anilines is 1. The van der Waals surface area contributed by atoms with Crippen LogP contribution in [0.5, 0.6) is 0 Å². The lowest BCUT2D eigenvalue weighted by molar-refractivity contribution is -0.0914. The van der Waals surface area contributed by atoms with Crippen molar-refractivity contribution in [2.24, 2.45) is 0 Å². The Labute approximate surface area is 81.3 Å². The van der Waals surface area contributed by atoms with Crippen molar-refractivity contribution in [1.82, 2.24) is 9.97 Å². The number of aromatic nitrogens is 2. The van der Waals surface area contributed by atoms with Crippen LogP contribution in [0.3, 0.4) is 0 Å². The molecule has 1 aromatic heterocycles. The first-order chi connectivity index (χ1) is 6.76. The Morgan fingerprint density at radius 1 is 1.36 bits per heavy atom. The van der Waals surface area contributed by atoms with Crippen LogP contribution >= 0.6 is 0 Å². The second-order valence-electron chi connectivity index (χ2n) is 2.51. The molecule has 1 N–H and O–H groups in total. The van der Waals surface area contributed by atoms with Crippen molar-refractivity contribution in [2.75, 3.05) is 26.1 Å². The number of hydrogen-bond acceptors (Lipinski definition) is 5. The first kappa shape index (κ1) is 10.8. The highest BCUT2D eigenvalue weighted by atomic mass is 19.1. The van der Waals surface area contributed by atoms with Gasteiger partial charge in [0.1, 0.15) is 0 Å². The lowest BCUT2D eigenvalue weighted by atomic mass is 10.6. The Morgan fingerprint density at radius 3 is 2.43 bits per heavy atom. The Morgan fingerprint density at radius 2 is 1.93 bits per heavy atom. The molecule has 1 aromatic rings. The SMILES string of the molecule is COC(CNc1ncc(F)cn1)OC. The normalized spacial score (nSPS) is 10.6. The summed E-state index contributed by atoms with van der Waals surface area (Å²) in [5.74, 6) is -0.129. The summed E-state index contributed by atoms with van der Waals surface area (Å²) in [7, 11) is 3.06. The molecule has 0 aliphatic heterocycles. The summed E-state index contributed by atoms with van der Waals surface area (Å²) in [4.78, 5) is 7.42. The third kappa shape index (κ3) is 3.23. The van der Waals surface area contributed by atoms with Gasteiger partial charge in [0.05, 0.1) is 18.9 Å². The van der Waals surface area contributed by atoms with Crippen LogP contribution in [-0.4, -0.2) is 37.0 Å². The van der Waals surface area contributed by atoms with Crippen molar-refractivity contribution in [3.63, 3.8) is 0 Å². The van der Waals surface area contributed by atoms with Gasteiger partial charge in [-0.15, -0.1) is 0 Å². The topological polar surface area (TPSA) is 56.3 Å². The average molecular weight is 201 g/mol. The molecule has 0 saturated carbocycles. The van der Waals surface area contributed by atoms with Gasteiger partial charge in [-0.3, -0.25) is 0 Å². The highest BCUT2D eigenvalue weighted by Crippen LogP contribution is 1.99. The van der Waals surface area contributed by atoms with Crippen LogP contribution in [0.4, 0.5) is 10.3 Å². The zero-order chi connectivity index (χ0) is 10.4. The lowest BCUT2D eigenvalue weighted by Crippen LogP contribution is -2.24. The maximum absolute atomic E-state index is 12.4. The quantitative estimate of drug-likeness (QED) is 0.709. The van der Waals surface area contributed by atoms with Gasteiger partial charge in [-0.25, -0.2) is 14.4 Å². The van der Waals surface area contributed by atoms with Crippen molar-refractivity contribution in [1.29, 1.82) is 0 Å². The summed E-state index contributed by atoms with van der Waals surface area (Å²) in [6, 6.07) is 0. The minimum Gasteiger partial charge on any atom is -0.354 e. The molecular weight excluding hydrogens is 189 g/mol. The summed E-state index contributed by atoms with van der Waals surface area (Å²) in [5.41, 5.74) is 0. The zero-order valence-corrected chi connectivity index (χ0v) is 8.03. The van der Waals surface area contributed by atoms with Gasteiger partial charge in [-0.2, -0.15) is 0 Å². The molecule has 0 aromatic carbocycles. The second-order valence-corrected chi connectivity index (χ2v) is 2.51. The Bertz CT molecular complexity index is 264. The molecule has 0 aliphatic carbocycles. The molecule has 1 rings (SSSR count). The van der Waals surface area contributed by atoms with E-state index in [2.05, 4.69) is 15.3 Å². The van der Waals surface area contributed by atoms with Crippen LogP contribution in [0.2, 0.25) is 0 Å². The largest absolute Gasteiger partial charge is 0.354 e. The molecule has 78 valence electrons. The van der Waals surface area contributed by atoms with Gasteiger partial charge in [-0.1, -0.05) is 0 Å². The van der Waals surface area contributed by atoms with E-state index in [1.165, 1.54) is 14.2 Å². The molecule has 0 fully saturated rings. The lowest BCUT2D eigenvalue weighted by Gasteiger charge is -2.13. The highest BCUT2D eigenvalue weighted by Gasteiger charge is 2.04. The smallest absolute Gasteiger partial charge is 0.222 e.